The largest absolute Gasteiger partial charge is 0.492 e. The van der Waals surface area contributed by atoms with Crippen molar-refractivity contribution in [2.45, 2.75) is 38.8 Å². The molecule has 2 rings (SSSR count). The molecule has 0 radical (unpaired) electrons. The second-order valence-electron chi connectivity index (χ2n) is 4.64. The summed E-state index contributed by atoms with van der Waals surface area (Å²) in [5, 5.41) is 4.89. The fourth-order valence-corrected chi connectivity index (χ4v) is 2.70. The van der Waals surface area contributed by atoms with Gasteiger partial charge in [0.15, 0.2) is 0 Å². The molecule has 1 atom stereocenters. The summed E-state index contributed by atoms with van der Waals surface area (Å²) in [6.45, 7) is 4.96. The van der Waals surface area contributed by atoms with Crippen molar-refractivity contribution < 1.29 is 4.74 Å². The van der Waals surface area contributed by atoms with Crippen molar-refractivity contribution >= 4 is 23.2 Å². The summed E-state index contributed by atoms with van der Waals surface area (Å²) >= 11 is 12.5. The second-order valence-corrected chi connectivity index (χ2v) is 5.45. The molecule has 0 spiro atoms. The summed E-state index contributed by atoms with van der Waals surface area (Å²) < 4.78 is 5.72. The zero-order chi connectivity index (χ0) is 12.4. The molecule has 1 unspecified atom stereocenters. The van der Waals surface area contributed by atoms with Crippen molar-refractivity contribution in [3.05, 3.63) is 27.7 Å². The van der Waals surface area contributed by atoms with Crippen molar-refractivity contribution in [3.63, 3.8) is 0 Å². The van der Waals surface area contributed by atoms with Crippen LogP contribution in [0, 0.1) is 0 Å². The van der Waals surface area contributed by atoms with Gasteiger partial charge in [-0.15, -0.1) is 0 Å². The molecule has 0 aromatic heterocycles. The van der Waals surface area contributed by atoms with Crippen molar-refractivity contribution in [3.8, 4) is 5.75 Å². The molecule has 0 bridgehead atoms. The molecule has 1 aliphatic rings. The Morgan fingerprint density at radius 3 is 2.71 bits per heavy atom. The Hall–Kier alpha value is -0.440. The first-order valence-corrected chi connectivity index (χ1v) is 6.72. The number of rotatable bonds is 2. The SMILES string of the molecule is CC(C)NC1CCCOc2c(Cl)ccc(Cl)c21. The highest BCUT2D eigenvalue weighted by molar-refractivity contribution is 6.35. The van der Waals surface area contributed by atoms with E-state index in [2.05, 4.69) is 19.2 Å². The lowest BCUT2D eigenvalue weighted by atomic mass is 10.0. The molecule has 94 valence electrons. The van der Waals surface area contributed by atoms with Gasteiger partial charge in [0.05, 0.1) is 11.6 Å². The average molecular weight is 274 g/mol. The van der Waals surface area contributed by atoms with Gasteiger partial charge < -0.3 is 10.1 Å². The van der Waals surface area contributed by atoms with Gasteiger partial charge in [-0.2, -0.15) is 0 Å². The van der Waals surface area contributed by atoms with E-state index in [0.717, 1.165) is 29.2 Å². The minimum Gasteiger partial charge on any atom is -0.492 e. The average Bonchev–Trinajstić information content (AvgIpc) is 2.46. The van der Waals surface area contributed by atoms with Crippen LogP contribution in [0.4, 0.5) is 0 Å². The van der Waals surface area contributed by atoms with Gasteiger partial charge in [0.2, 0.25) is 0 Å². The van der Waals surface area contributed by atoms with Gasteiger partial charge in [-0.1, -0.05) is 37.0 Å². The smallest absolute Gasteiger partial charge is 0.144 e. The van der Waals surface area contributed by atoms with E-state index in [9.17, 15) is 0 Å². The van der Waals surface area contributed by atoms with Crippen LogP contribution in [-0.4, -0.2) is 12.6 Å². The summed E-state index contributed by atoms with van der Waals surface area (Å²) in [6.07, 6.45) is 2.02. The van der Waals surface area contributed by atoms with Gasteiger partial charge in [-0.05, 0) is 25.0 Å². The monoisotopic (exact) mass is 273 g/mol. The number of ether oxygens (including phenoxy) is 1. The van der Waals surface area contributed by atoms with Gasteiger partial charge in [0.25, 0.3) is 0 Å². The van der Waals surface area contributed by atoms with Gasteiger partial charge in [0, 0.05) is 22.7 Å². The van der Waals surface area contributed by atoms with Crippen LogP contribution in [0.15, 0.2) is 12.1 Å². The van der Waals surface area contributed by atoms with E-state index in [1.165, 1.54) is 0 Å². The van der Waals surface area contributed by atoms with Crippen LogP contribution in [0.25, 0.3) is 0 Å². The molecule has 1 heterocycles. The lowest BCUT2D eigenvalue weighted by Crippen LogP contribution is -2.28. The Morgan fingerprint density at radius 2 is 2.00 bits per heavy atom. The third kappa shape index (κ3) is 2.87. The normalized spacial score (nSPS) is 19.7. The van der Waals surface area contributed by atoms with Crippen LogP contribution in [0.5, 0.6) is 5.75 Å². The van der Waals surface area contributed by atoms with Crippen molar-refractivity contribution in [1.82, 2.24) is 5.32 Å². The number of hydrogen-bond donors (Lipinski definition) is 1. The minimum atomic E-state index is 0.221. The molecule has 4 heteroatoms. The Bertz CT molecular complexity index is 407. The van der Waals surface area contributed by atoms with E-state index in [-0.39, 0.29) is 6.04 Å². The van der Waals surface area contributed by atoms with Crippen LogP contribution in [0.3, 0.4) is 0 Å². The molecule has 1 aromatic carbocycles. The first kappa shape index (κ1) is 13.0. The number of hydrogen-bond acceptors (Lipinski definition) is 2. The molecule has 0 saturated heterocycles. The first-order chi connectivity index (χ1) is 8.09. The van der Waals surface area contributed by atoms with E-state index in [1.54, 1.807) is 6.07 Å². The van der Waals surface area contributed by atoms with Gasteiger partial charge in [-0.3, -0.25) is 0 Å². The number of fused-ring (bicyclic) bond motifs is 1. The summed E-state index contributed by atoms with van der Waals surface area (Å²) in [5.74, 6) is 0.745. The van der Waals surface area contributed by atoms with Crippen molar-refractivity contribution in [1.29, 1.82) is 0 Å². The second kappa shape index (κ2) is 5.47. The predicted octanol–water partition coefficient (Wildman–Crippen LogP) is 4.21. The maximum absolute atomic E-state index is 6.29. The van der Waals surface area contributed by atoms with E-state index < -0.39 is 0 Å². The fraction of sp³-hybridized carbons (Fsp3) is 0.538. The Morgan fingerprint density at radius 1 is 1.29 bits per heavy atom. The Kier molecular flexibility index (Phi) is 4.18. The molecule has 0 amide bonds. The lowest BCUT2D eigenvalue weighted by Gasteiger charge is -2.22. The third-order valence-corrected chi connectivity index (χ3v) is 3.49. The first-order valence-electron chi connectivity index (χ1n) is 5.96. The quantitative estimate of drug-likeness (QED) is 0.872. The Labute approximate surface area is 112 Å². The maximum atomic E-state index is 6.29. The van der Waals surface area contributed by atoms with Crippen LogP contribution >= 0.6 is 23.2 Å². The molecule has 2 nitrogen and oxygen atoms in total. The van der Waals surface area contributed by atoms with Gasteiger partial charge >= 0.3 is 0 Å². The van der Waals surface area contributed by atoms with Gasteiger partial charge in [0.1, 0.15) is 5.75 Å². The van der Waals surface area contributed by atoms with Crippen LogP contribution in [-0.2, 0) is 0 Å². The highest BCUT2D eigenvalue weighted by Crippen LogP contribution is 2.41. The zero-order valence-corrected chi connectivity index (χ0v) is 11.6. The molecule has 1 N–H and O–H groups in total. The number of halogens is 2. The van der Waals surface area contributed by atoms with E-state index in [0.29, 0.717) is 17.7 Å². The minimum absolute atomic E-state index is 0.221. The summed E-state index contributed by atoms with van der Waals surface area (Å²) in [5.41, 5.74) is 1.00. The maximum Gasteiger partial charge on any atom is 0.144 e. The van der Waals surface area contributed by atoms with Crippen LogP contribution < -0.4 is 10.1 Å². The highest BCUT2D eigenvalue weighted by Gasteiger charge is 2.24. The topological polar surface area (TPSA) is 21.3 Å². The number of benzene rings is 1. The number of nitrogens with one attached hydrogen (secondary N) is 1. The van der Waals surface area contributed by atoms with Gasteiger partial charge in [-0.25, -0.2) is 0 Å². The highest BCUT2D eigenvalue weighted by atomic mass is 35.5. The third-order valence-electron chi connectivity index (χ3n) is 2.86. The molecular weight excluding hydrogens is 257 g/mol. The molecule has 0 saturated carbocycles. The standard InChI is InChI=1S/C13H17Cl2NO/c1-8(2)16-11-4-3-7-17-13-10(15)6-5-9(14)12(11)13/h5-6,8,11,16H,3-4,7H2,1-2H3. The lowest BCUT2D eigenvalue weighted by molar-refractivity contribution is 0.315. The molecule has 17 heavy (non-hydrogen) atoms. The molecule has 1 aromatic rings. The predicted molar refractivity (Wildman–Crippen MR) is 72.2 cm³/mol. The molecule has 0 fully saturated rings. The van der Waals surface area contributed by atoms with E-state index in [1.807, 2.05) is 6.07 Å². The molecule has 0 aliphatic carbocycles. The summed E-state index contributed by atoms with van der Waals surface area (Å²) in [4.78, 5) is 0. The van der Waals surface area contributed by atoms with Crippen molar-refractivity contribution in [2.75, 3.05) is 6.61 Å². The summed E-state index contributed by atoms with van der Waals surface area (Å²) in [6, 6.07) is 4.26. The zero-order valence-electron chi connectivity index (χ0n) is 10.1. The fourth-order valence-electron chi connectivity index (χ4n) is 2.20. The molecule has 1 aliphatic heterocycles. The summed E-state index contributed by atoms with van der Waals surface area (Å²) in [7, 11) is 0. The van der Waals surface area contributed by atoms with Crippen LogP contribution in [0.2, 0.25) is 10.0 Å². The Balaban J connectivity index is 2.43. The van der Waals surface area contributed by atoms with Crippen LogP contribution in [0.1, 0.15) is 38.3 Å². The van der Waals surface area contributed by atoms with E-state index in [4.69, 9.17) is 27.9 Å². The van der Waals surface area contributed by atoms with E-state index >= 15 is 0 Å². The molecular formula is C13H17Cl2NO. The van der Waals surface area contributed by atoms with Crippen molar-refractivity contribution in [2.24, 2.45) is 0 Å².